The van der Waals surface area contributed by atoms with E-state index in [2.05, 4.69) is 16.2 Å². The topological polar surface area (TPSA) is 88.7 Å². The maximum absolute atomic E-state index is 12.2. The Bertz CT molecular complexity index is 850. The summed E-state index contributed by atoms with van der Waals surface area (Å²) in [6, 6.07) is 12.4. The number of ether oxygens (including phenoxy) is 2. The number of aryl methyl sites for hydroxylation is 2. The summed E-state index contributed by atoms with van der Waals surface area (Å²) in [6.07, 6.45) is 0. The zero-order chi connectivity index (χ0) is 20.5. The number of nitrogens with one attached hydrogen (secondary N) is 3. The number of carbonyl (C=O) groups excluding carboxylic acids is 2. The number of thiocarbonyl (C=S) groups is 1. The highest BCUT2D eigenvalue weighted by molar-refractivity contribution is 7.80. The molecular formula is C20H23N3O4S. The van der Waals surface area contributed by atoms with E-state index in [1.807, 2.05) is 39.0 Å². The molecule has 0 fully saturated rings. The number of rotatable bonds is 6. The molecular weight excluding hydrogens is 378 g/mol. The van der Waals surface area contributed by atoms with Crippen molar-refractivity contribution in [1.82, 2.24) is 16.2 Å². The van der Waals surface area contributed by atoms with Crippen molar-refractivity contribution < 1.29 is 19.1 Å². The molecule has 8 heteroatoms. The van der Waals surface area contributed by atoms with E-state index in [0.29, 0.717) is 23.7 Å². The van der Waals surface area contributed by atoms with Gasteiger partial charge in [-0.05, 0) is 74.4 Å². The molecule has 0 aliphatic heterocycles. The van der Waals surface area contributed by atoms with Crippen molar-refractivity contribution in [3.63, 3.8) is 0 Å². The monoisotopic (exact) mass is 401 g/mol. The first-order valence-corrected chi connectivity index (χ1v) is 9.12. The van der Waals surface area contributed by atoms with Gasteiger partial charge in [-0.15, -0.1) is 0 Å². The molecule has 0 saturated heterocycles. The van der Waals surface area contributed by atoms with E-state index in [1.54, 1.807) is 24.3 Å². The lowest BCUT2D eigenvalue weighted by Gasteiger charge is -2.12. The highest BCUT2D eigenvalue weighted by Gasteiger charge is 2.10. The van der Waals surface area contributed by atoms with Crippen LogP contribution < -0.4 is 25.6 Å². The summed E-state index contributed by atoms with van der Waals surface area (Å²) in [5.74, 6) is 0.345. The Kier molecular flexibility index (Phi) is 7.76. The van der Waals surface area contributed by atoms with Gasteiger partial charge in [0.2, 0.25) is 0 Å². The van der Waals surface area contributed by atoms with E-state index in [-0.39, 0.29) is 11.7 Å². The zero-order valence-electron chi connectivity index (χ0n) is 16.0. The van der Waals surface area contributed by atoms with E-state index in [1.165, 1.54) is 0 Å². The average Bonchev–Trinajstić information content (AvgIpc) is 2.64. The fourth-order valence-corrected chi connectivity index (χ4v) is 2.57. The Hall–Kier alpha value is -3.13. The quantitative estimate of drug-likeness (QED) is 0.509. The summed E-state index contributed by atoms with van der Waals surface area (Å²) in [4.78, 5) is 24.1. The second kappa shape index (κ2) is 10.3. The molecule has 0 atom stereocenters. The molecule has 0 radical (unpaired) electrons. The smallest absolute Gasteiger partial charge is 0.276 e. The number of benzene rings is 2. The highest BCUT2D eigenvalue weighted by atomic mass is 32.1. The average molecular weight is 401 g/mol. The first-order valence-electron chi connectivity index (χ1n) is 8.71. The van der Waals surface area contributed by atoms with Crippen molar-refractivity contribution in [1.29, 1.82) is 0 Å². The van der Waals surface area contributed by atoms with Gasteiger partial charge in [0.1, 0.15) is 11.5 Å². The minimum atomic E-state index is -0.436. The predicted molar refractivity (Wildman–Crippen MR) is 110 cm³/mol. The third-order valence-electron chi connectivity index (χ3n) is 3.51. The molecule has 148 valence electrons. The van der Waals surface area contributed by atoms with Gasteiger partial charge in [-0.1, -0.05) is 12.1 Å². The minimum Gasteiger partial charge on any atom is -0.494 e. The molecule has 0 heterocycles. The SMILES string of the molecule is CCOc1cccc(C(=O)NC(=S)NNC(=O)COc2cc(C)cc(C)c2)c1. The molecule has 0 aliphatic carbocycles. The highest BCUT2D eigenvalue weighted by Crippen LogP contribution is 2.16. The molecule has 28 heavy (non-hydrogen) atoms. The van der Waals surface area contributed by atoms with Gasteiger partial charge < -0.3 is 9.47 Å². The van der Waals surface area contributed by atoms with Gasteiger partial charge in [-0.25, -0.2) is 0 Å². The van der Waals surface area contributed by atoms with Gasteiger partial charge in [0.25, 0.3) is 11.8 Å². The van der Waals surface area contributed by atoms with E-state index in [0.717, 1.165) is 11.1 Å². The molecule has 0 spiro atoms. The Morgan fingerprint density at radius 1 is 0.964 bits per heavy atom. The second-order valence-corrected chi connectivity index (χ2v) is 6.44. The molecule has 7 nitrogen and oxygen atoms in total. The first kappa shape index (κ1) is 21.2. The van der Waals surface area contributed by atoms with E-state index >= 15 is 0 Å². The van der Waals surface area contributed by atoms with Gasteiger partial charge in [-0.3, -0.25) is 25.8 Å². The standard InChI is InChI=1S/C20H23N3O4S/c1-4-26-16-7-5-6-15(11-16)19(25)21-20(28)23-22-18(24)12-27-17-9-13(2)8-14(3)10-17/h5-11H,4,12H2,1-3H3,(H,22,24)(H2,21,23,25,28). The van der Waals surface area contributed by atoms with Crippen molar-refractivity contribution in [2.75, 3.05) is 13.2 Å². The Morgan fingerprint density at radius 3 is 2.36 bits per heavy atom. The van der Waals surface area contributed by atoms with Crippen LogP contribution in [0.2, 0.25) is 0 Å². The summed E-state index contributed by atoms with van der Waals surface area (Å²) in [7, 11) is 0. The van der Waals surface area contributed by atoms with Crippen LogP contribution in [0, 0.1) is 13.8 Å². The lowest BCUT2D eigenvalue weighted by Crippen LogP contribution is -2.49. The summed E-state index contributed by atoms with van der Waals surface area (Å²) in [6.45, 7) is 6.07. The third-order valence-corrected chi connectivity index (χ3v) is 3.72. The molecule has 0 unspecified atom stereocenters. The van der Waals surface area contributed by atoms with Crippen LogP contribution in [0.3, 0.4) is 0 Å². The van der Waals surface area contributed by atoms with Crippen molar-refractivity contribution >= 4 is 29.1 Å². The normalized spacial score (nSPS) is 9.96. The van der Waals surface area contributed by atoms with Crippen LogP contribution in [0.15, 0.2) is 42.5 Å². The lowest BCUT2D eigenvalue weighted by atomic mass is 10.1. The molecule has 0 aromatic heterocycles. The van der Waals surface area contributed by atoms with Gasteiger partial charge in [0, 0.05) is 5.56 Å². The lowest BCUT2D eigenvalue weighted by molar-refractivity contribution is -0.123. The first-order chi connectivity index (χ1) is 13.4. The van der Waals surface area contributed by atoms with Gasteiger partial charge >= 0.3 is 0 Å². The van der Waals surface area contributed by atoms with E-state index in [9.17, 15) is 9.59 Å². The molecule has 0 aliphatic rings. The maximum Gasteiger partial charge on any atom is 0.276 e. The van der Waals surface area contributed by atoms with Gasteiger partial charge in [0.15, 0.2) is 11.7 Å². The largest absolute Gasteiger partial charge is 0.494 e. The minimum absolute atomic E-state index is 0.0356. The summed E-state index contributed by atoms with van der Waals surface area (Å²) in [5.41, 5.74) is 7.33. The van der Waals surface area contributed by atoms with Crippen LogP contribution in [-0.2, 0) is 4.79 Å². The molecule has 2 aromatic carbocycles. The fraction of sp³-hybridized carbons (Fsp3) is 0.250. The zero-order valence-corrected chi connectivity index (χ0v) is 16.8. The van der Waals surface area contributed by atoms with Crippen LogP contribution in [-0.4, -0.2) is 30.1 Å². The Morgan fingerprint density at radius 2 is 1.68 bits per heavy atom. The third kappa shape index (κ3) is 6.88. The van der Waals surface area contributed by atoms with Crippen LogP contribution in [0.5, 0.6) is 11.5 Å². The molecule has 0 bridgehead atoms. The second-order valence-electron chi connectivity index (χ2n) is 6.03. The molecule has 2 aromatic rings. The number of hydrazine groups is 1. The van der Waals surface area contributed by atoms with Crippen LogP contribution in [0.25, 0.3) is 0 Å². The van der Waals surface area contributed by atoms with E-state index < -0.39 is 11.8 Å². The molecule has 2 rings (SSSR count). The molecule has 2 amide bonds. The van der Waals surface area contributed by atoms with Crippen molar-refractivity contribution in [3.05, 3.63) is 59.2 Å². The van der Waals surface area contributed by atoms with Crippen LogP contribution in [0.1, 0.15) is 28.4 Å². The summed E-state index contributed by atoms with van der Waals surface area (Å²) in [5, 5.41) is 2.44. The van der Waals surface area contributed by atoms with Crippen molar-refractivity contribution in [3.8, 4) is 11.5 Å². The van der Waals surface area contributed by atoms with E-state index in [4.69, 9.17) is 21.7 Å². The summed E-state index contributed by atoms with van der Waals surface area (Å²) >= 11 is 5.01. The molecule has 3 N–H and O–H groups in total. The summed E-state index contributed by atoms with van der Waals surface area (Å²) < 4.78 is 10.8. The van der Waals surface area contributed by atoms with Crippen molar-refractivity contribution in [2.45, 2.75) is 20.8 Å². The Balaban J connectivity index is 1.77. The fourth-order valence-electron chi connectivity index (χ4n) is 2.43. The van der Waals surface area contributed by atoms with Crippen molar-refractivity contribution in [2.24, 2.45) is 0 Å². The predicted octanol–water partition coefficient (Wildman–Crippen LogP) is 2.42. The number of amides is 2. The van der Waals surface area contributed by atoms with Gasteiger partial charge in [-0.2, -0.15) is 0 Å². The van der Waals surface area contributed by atoms with Gasteiger partial charge in [0.05, 0.1) is 6.61 Å². The van der Waals surface area contributed by atoms with Crippen LogP contribution in [0.4, 0.5) is 0 Å². The Labute approximate surface area is 169 Å². The molecule has 0 saturated carbocycles. The number of hydrogen-bond donors (Lipinski definition) is 3. The number of carbonyl (C=O) groups is 2. The number of hydrogen-bond acceptors (Lipinski definition) is 5. The maximum atomic E-state index is 12.2. The van der Waals surface area contributed by atoms with Crippen LogP contribution >= 0.6 is 12.2 Å².